The van der Waals surface area contributed by atoms with Gasteiger partial charge < -0.3 is 55.1 Å². The van der Waals surface area contributed by atoms with E-state index in [1.807, 2.05) is 0 Å². The van der Waals surface area contributed by atoms with E-state index < -0.39 is 17.2 Å². The van der Waals surface area contributed by atoms with Crippen molar-refractivity contribution >= 4 is 130 Å². The summed E-state index contributed by atoms with van der Waals surface area (Å²) in [5.41, 5.74) is 0. The molecule has 0 radical (unpaired) electrons. The van der Waals surface area contributed by atoms with Gasteiger partial charge in [-0.15, -0.1) is 0 Å². The van der Waals surface area contributed by atoms with Crippen molar-refractivity contribution in [1.82, 2.24) is 0 Å². The second-order valence-corrected chi connectivity index (χ2v) is 1.34. The van der Waals surface area contributed by atoms with Gasteiger partial charge in [-0.25, -0.2) is 0 Å². The molecule has 0 saturated heterocycles. The molecule has 0 atom stereocenters. The van der Waals surface area contributed by atoms with Crippen molar-refractivity contribution in [3.63, 3.8) is 0 Å². The van der Waals surface area contributed by atoms with Crippen molar-refractivity contribution in [2.45, 2.75) is 0 Å². The summed E-state index contributed by atoms with van der Waals surface area (Å²) in [6, 6.07) is 0. The molecule has 0 aliphatic heterocycles. The SMILES string of the molecule is [Ca+2].[Ca+2].[Ca+2].[H-].[H-].[H-].[H-].[H-].[H-].[O-]P([O-])[O-].[O-]P([O-])[O-].[Zn+2].[Zn+2].[Zn+2]. The standard InChI is InChI=1S/3Ca.2O3P.3Zn.6H/c;;;2*1-4(2)3;;;;;;;;;/q3*+2;2*-3;3*+2;6*-1. The summed E-state index contributed by atoms with van der Waals surface area (Å²) in [4.78, 5) is 50.9. The van der Waals surface area contributed by atoms with E-state index >= 15 is 0 Å². The van der Waals surface area contributed by atoms with Crippen molar-refractivity contribution < 1.29 is 96.4 Å². The second kappa shape index (κ2) is 42.7. The Morgan fingerprint density at radius 1 is 0.500 bits per heavy atom. The Labute approximate surface area is 222 Å². The quantitative estimate of drug-likeness (QED) is 0.250. The minimum absolute atomic E-state index is 0. The van der Waals surface area contributed by atoms with Crippen molar-refractivity contribution in [2.24, 2.45) is 0 Å². The Hall–Kier alpha value is 6.27. The summed E-state index contributed by atoms with van der Waals surface area (Å²) in [5, 5.41) is 0. The third-order valence-corrected chi connectivity index (χ3v) is 0. The van der Waals surface area contributed by atoms with Crippen LogP contribution in [0, 0.1) is 0 Å². The van der Waals surface area contributed by atoms with E-state index in [1.165, 1.54) is 0 Å². The molecule has 0 rings (SSSR count). The van der Waals surface area contributed by atoms with Crippen molar-refractivity contribution in [3.8, 4) is 0 Å². The van der Waals surface area contributed by atoms with Gasteiger partial charge in [0.1, 0.15) is 0 Å². The van der Waals surface area contributed by atoms with E-state index in [9.17, 15) is 0 Å². The number of hydrogen-bond donors (Lipinski definition) is 0. The fraction of sp³-hybridized carbons (Fsp3) is 0. The first-order valence-electron chi connectivity index (χ1n) is 1.10. The number of rotatable bonds is 0. The molecule has 0 aromatic carbocycles. The Bertz CT molecular complexity index is 59.4. The fourth-order valence-electron chi connectivity index (χ4n) is 0. The molecule has 0 saturated carbocycles. The normalized spacial score (nSPS) is 5.14. The van der Waals surface area contributed by atoms with E-state index in [0.29, 0.717) is 0 Å². The third-order valence-electron chi connectivity index (χ3n) is 0. The fourth-order valence-corrected chi connectivity index (χ4v) is 0. The molecule has 0 aliphatic carbocycles. The maximum atomic E-state index is 8.48. The second-order valence-electron chi connectivity index (χ2n) is 0.447. The van der Waals surface area contributed by atoms with Crippen LogP contribution in [0.2, 0.25) is 0 Å². The van der Waals surface area contributed by atoms with Gasteiger partial charge in [-0.2, -0.15) is 0 Å². The molecule has 0 bridgehead atoms. The summed E-state index contributed by atoms with van der Waals surface area (Å²) in [6.45, 7) is 0. The molecule has 0 aromatic heterocycles. The Morgan fingerprint density at radius 2 is 0.500 bits per heavy atom. The van der Waals surface area contributed by atoms with Gasteiger partial charge in [-0.1, -0.05) is 0 Å². The van der Waals surface area contributed by atoms with E-state index in [-0.39, 0.29) is 180 Å². The van der Waals surface area contributed by atoms with Gasteiger partial charge >= 0.3 is 172 Å². The van der Waals surface area contributed by atoms with Crippen molar-refractivity contribution in [3.05, 3.63) is 0 Å². The number of hydrogen-bond acceptors (Lipinski definition) is 6. The van der Waals surface area contributed by atoms with Gasteiger partial charge in [0.25, 0.3) is 0 Å². The predicted octanol–water partition coefficient (Wildman–Crippen LogP) is -5.89. The largest absolute Gasteiger partial charge is 2.00 e. The Balaban J connectivity index is -0.00000000187. The minimum atomic E-state index is -3.37. The summed E-state index contributed by atoms with van der Waals surface area (Å²) in [7, 11) is -6.74. The smallest absolute Gasteiger partial charge is 1.00 e. The van der Waals surface area contributed by atoms with Crippen LogP contribution in [0.1, 0.15) is 8.56 Å². The zero-order chi connectivity index (χ0) is 7.15. The molecule has 0 N–H and O–H groups in total. The third kappa shape index (κ3) is 139. The van der Waals surface area contributed by atoms with Crippen LogP contribution in [0.25, 0.3) is 0 Å². The zero-order valence-corrected chi connectivity index (χ0v) is 24.9. The average Bonchev–Trinajstić information content (AvgIpc) is 1.25. The summed E-state index contributed by atoms with van der Waals surface area (Å²) >= 11 is 0. The molecule has 64 valence electrons. The van der Waals surface area contributed by atoms with Crippen LogP contribution in [0.5, 0.6) is 0 Å². The van der Waals surface area contributed by atoms with Crippen LogP contribution in [0.4, 0.5) is 0 Å². The summed E-state index contributed by atoms with van der Waals surface area (Å²) in [6.07, 6.45) is 0. The van der Waals surface area contributed by atoms with Crippen LogP contribution in [0.3, 0.4) is 0 Å². The van der Waals surface area contributed by atoms with E-state index in [2.05, 4.69) is 0 Å². The molecule has 0 heterocycles. The van der Waals surface area contributed by atoms with Crippen LogP contribution >= 0.6 is 17.2 Å². The predicted molar refractivity (Wildman–Crippen MR) is 37.8 cm³/mol. The van der Waals surface area contributed by atoms with E-state index in [1.54, 1.807) is 0 Å². The van der Waals surface area contributed by atoms with Crippen molar-refractivity contribution in [1.29, 1.82) is 0 Å². The molecule has 6 nitrogen and oxygen atoms in total. The van der Waals surface area contributed by atoms with Crippen LogP contribution in [-0.2, 0) is 58.4 Å². The van der Waals surface area contributed by atoms with Gasteiger partial charge in [0.2, 0.25) is 0 Å². The van der Waals surface area contributed by atoms with E-state index in [0.717, 1.165) is 0 Å². The topological polar surface area (TPSA) is 138 Å². The van der Waals surface area contributed by atoms with Crippen LogP contribution in [0.15, 0.2) is 0 Å². The van der Waals surface area contributed by atoms with Crippen LogP contribution in [-0.4, -0.2) is 113 Å². The van der Waals surface area contributed by atoms with E-state index in [4.69, 9.17) is 29.4 Å². The molecular weight excluding hydrogens is 474 g/mol. The first-order chi connectivity index (χ1) is 3.46. The maximum Gasteiger partial charge on any atom is 2.00 e. The first kappa shape index (κ1) is 50.0. The Morgan fingerprint density at radius 3 is 0.500 bits per heavy atom. The van der Waals surface area contributed by atoms with Crippen LogP contribution < -0.4 is 29.4 Å². The summed E-state index contributed by atoms with van der Waals surface area (Å²) in [5.74, 6) is 0. The molecule has 14 heavy (non-hydrogen) atoms. The van der Waals surface area contributed by atoms with Gasteiger partial charge in [0, 0.05) is 0 Å². The molecular formula is H6Ca3O6P2Zn3. The van der Waals surface area contributed by atoms with Gasteiger partial charge in [-0.3, -0.25) is 0 Å². The maximum absolute atomic E-state index is 8.48. The molecule has 0 fully saturated rings. The summed E-state index contributed by atoms with van der Waals surface area (Å²) < 4.78 is 0. The van der Waals surface area contributed by atoms with Gasteiger partial charge in [0.05, 0.1) is 0 Å². The molecule has 0 amide bonds. The molecule has 0 unspecified atom stereocenters. The average molecular weight is 480 g/mol. The zero-order valence-electron chi connectivity index (χ0n) is 13.6. The van der Waals surface area contributed by atoms with Crippen molar-refractivity contribution in [2.75, 3.05) is 0 Å². The first-order valence-corrected chi connectivity index (χ1v) is 3.29. The van der Waals surface area contributed by atoms with Gasteiger partial charge in [-0.05, 0) is 0 Å². The molecule has 14 heteroatoms. The molecule has 0 aromatic rings. The molecule has 0 aliphatic rings. The molecule has 0 spiro atoms. The van der Waals surface area contributed by atoms with Gasteiger partial charge in [0.15, 0.2) is 0 Å². The minimum Gasteiger partial charge on any atom is -1.00 e. The Kier molecular flexibility index (Phi) is 153. The monoisotopic (exact) mass is 476 g/mol.